The van der Waals surface area contributed by atoms with E-state index >= 15 is 0 Å². The molecule has 7 heteroatoms. The van der Waals surface area contributed by atoms with Gasteiger partial charge in [-0.05, 0) is 30.2 Å². The molecule has 0 bridgehead atoms. The molecule has 6 nitrogen and oxygen atoms in total. The highest BCUT2D eigenvalue weighted by atomic mass is 19.1. The third-order valence-corrected chi connectivity index (χ3v) is 4.49. The fraction of sp³-hybridized carbons (Fsp3) is 0.333. The third-order valence-electron chi connectivity index (χ3n) is 4.49. The van der Waals surface area contributed by atoms with Crippen LogP contribution in [0.5, 0.6) is 0 Å². The first-order valence-corrected chi connectivity index (χ1v) is 9.04. The van der Waals surface area contributed by atoms with Crippen molar-refractivity contribution < 1.29 is 24.2 Å². The molecule has 1 heterocycles. The Kier molecular flexibility index (Phi) is 8.10. The lowest BCUT2D eigenvalue weighted by atomic mass is 10.1. The van der Waals surface area contributed by atoms with Gasteiger partial charge in [0.05, 0.1) is 0 Å². The Morgan fingerprint density at radius 1 is 0.786 bits per heavy atom. The monoisotopic (exact) mass is 388 g/mol. The summed E-state index contributed by atoms with van der Waals surface area (Å²) in [6, 6.07) is 15.7. The first-order chi connectivity index (χ1) is 13.3. The Bertz CT molecular complexity index is 702. The normalized spacial score (nSPS) is 14.8. The molecule has 2 aromatic rings. The molecular weight excluding hydrogens is 363 g/mol. The van der Waals surface area contributed by atoms with Crippen LogP contribution in [0.3, 0.4) is 0 Å². The van der Waals surface area contributed by atoms with Gasteiger partial charge < -0.3 is 10.2 Å². The van der Waals surface area contributed by atoms with Gasteiger partial charge in [-0.15, -0.1) is 0 Å². The molecule has 0 atom stereocenters. The van der Waals surface area contributed by atoms with Gasteiger partial charge in [0.2, 0.25) is 0 Å². The zero-order valence-electron chi connectivity index (χ0n) is 15.8. The van der Waals surface area contributed by atoms with Gasteiger partial charge in [0, 0.05) is 39.3 Å². The van der Waals surface area contributed by atoms with E-state index in [9.17, 15) is 4.39 Å². The van der Waals surface area contributed by atoms with Crippen LogP contribution in [0.2, 0.25) is 0 Å². The number of aryl methyl sites for hydroxylation is 1. The summed E-state index contributed by atoms with van der Waals surface area (Å²) in [6.07, 6.45) is 0. The second-order valence-electron chi connectivity index (χ2n) is 6.77. The van der Waals surface area contributed by atoms with E-state index in [-0.39, 0.29) is 5.82 Å². The molecule has 0 aromatic heterocycles. The van der Waals surface area contributed by atoms with Crippen molar-refractivity contribution in [3.05, 3.63) is 71.0 Å². The highest BCUT2D eigenvalue weighted by molar-refractivity contribution is 6.27. The Balaban J connectivity index is 0.000000409. The van der Waals surface area contributed by atoms with Crippen molar-refractivity contribution in [1.29, 1.82) is 0 Å². The highest BCUT2D eigenvalue weighted by Gasteiger charge is 2.17. The van der Waals surface area contributed by atoms with E-state index in [4.69, 9.17) is 19.8 Å². The second-order valence-corrected chi connectivity index (χ2v) is 6.77. The van der Waals surface area contributed by atoms with Gasteiger partial charge >= 0.3 is 11.9 Å². The molecule has 1 aliphatic heterocycles. The average molecular weight is 388 g/mol. The van der Waals surface area contributed by atoms with E-state index < -0.39 is 11.9 Å². The molecule has 0 spiro atoms. The zero-order valence-corrected chi connectivity index (χ0v) is 15.8. The molecule has 1 fully saturated rings. The van der Waals surface area contributed by atoms with E-state index in [1.165, 1.54) is 16.7 Å². The summed E-state index contributed by atoms with van der Waals surface area (Å²) < 4.78 is 12.9. The molecule has 2 N–H and O–H groups in total. The number of carboxylic acids is 2. The van der Waals surface area contributed by atoms with Crippen molar-refractivity contribution in [2.75, 3.05) is 26.2 Å². The molecule has 150 valence electrons. The highest BCUT2D eigenvalue weighted by Crippen LogP contribution is 2.12. The smallest absolute Gasteiger partial charge is 0.414 e. The third kappa shape index (κ3) is 7.46. The topological polar surface area (TPSA) is 81.1 Å². The maximum Gasteiger partial charge on any atom is 0.414 e. The summed E-state index contributed by atoms with van der Waals surface area (Å²) in [7, 11) is 0. The number of halogens is 1. The number of aliphatic carboxylic acids is 2. The average Bonchev–Trinajstić information content (AvgIpc) is 2.67. The van der Waals surface area contributed by atoms with Crippen LogP contribution in [0.25, 0.3) is 0 Å². The lowest BCUT2D eigenvalue weighted by Crippen LogP contribution is -2.45. The number of nitrogens with zero attached hydrogens (tertiary/aromatic N) is 2. The SMILES string of the molecule is Cc1ccc(CN2CCN(Cc3ccc(F)cc3)CC2)cc1.O=C(O)C(=O)O. The summed E-state index contributed by atoms with van der Waals surface area (Å²) in [5, 5.41) is 14.8. The van der Waals surface area contributed by atoms with E-state index in [1.807, 2.05) is 12.1 Å². The van der Waals surface area contributed by atoms with E-state index in [0.29, 0.717) is 0 Å². The zero-order chi connectivity index (χ0) is 20.5. The quantitative estimate of drug-likeness (QED) is 0.784. The van der Waals surface area contributed by atoms with Crippen molar-refractivity contribution in [2.24, 2.45) is 0 Å². The van der Waals surface area contributed by atoms with Crippen LogP contribution in [-0.4, -0.2) is 58.1 Å². The van der Waals surface area contributed by atoms with Gasteiger partial charge in [0.15, 0.2) is 0 Å². The van der Waals surface area contributed by atoms with Crippen molar-refractivity contribution in [3.8, 4) is 0 Å². The number of hydrogen-bond acceptors (Lipinski definition) is 4. The van der Waals surface area contributed by atoms with E-state index in [2.05, 4.69) is 41.0 Å². The lowest BCUT2D eigenvalue weighted by molar-refractivity contribution is -0.159. The standard InChI is InChI=1S/C19H23FN2.C2H2O4/c1-16-2-4-17(5-3-16)14-21-10-12-22(13-11-21)15-18-6-8-19(20)9-7-18;3-1(4)2(5)6/h2-9H,10-15H2,1H3;(H,3,4)(H,5,6). The van der Waals surface area contributed by atoms with Crippen LogP contribution in [-0.2, 0) is 22.7 Å². The predicted octanol–water partition coefficient (Wildman–Crippen LogP) is 2.61. The Hall–Kier alpha value is -2.77. The Morgan fingerprint density at radius 2 is 1.14 bits per heavy atom. The van der Waals surface area contributed by atoms with Crippen molar-refractivity contribution >= 4 is 11.9 Å². The molecule has 1 saturated heterocycles. The lowest BCUT2D eigenvalue weighted by Gasteiger charge is -2.34. The number of piperazine rings is 1. The molecule has 0 aliphatic carbocycles. The molecular formula is C21H25FN2O4. The summed E-state index contributed by atoms with van der Waals surface area (Å²) in [5.41, 5.74) is 3.89. The Labute approximate surface area is 163 Å². The number of benzene rings is 2. The van der Waals surface area contributed by atoms with Crippen LogP contribution in [0.1, 0.15) is 16.7 Å². The fourth-order valence-electron chi connectivity index (χ4n) is 2.91. The molecule has 3 rings (SSSR count). The van der Waals surface area contributed by atoms with E-state index in [1.54, 1.807) is 12.1 Å². The van der Waals surface area contributed by atoms with Crippen molar-refractivity contribution in [3.63, 3.8) is 0 Å². The Morgan fingerprint density at radius 3 is 1.50 bits per heavy atom. The van der Waals surface area contributed by atoms with Gasteiger partial charge in [0.1, 0.15) is 5.82 Å². The maximum atomic E-state index is 12.9. The number of carbonyl (C=O) groups is 2. The summed E-state index contributed by atoms with van der Waals surface area (Å²) in [4.78, 5) is 23.1. The predicted molar refractivity (Wildman–Crippen MR) is 103 cm³/mol. The van der Waals surface area contributed by atoms with Gasteiger partial charge in [-0.2, -0.15) is 0 Å². The van der Waals surface area contributed by atoms with Gasteiger partial charge in [-0.3, -0.25) is 9.80 Å². The minimum absolute atomic E-state index is 0.160. The molecule has 28 heavy (non-hydrogen) atoms. The van der Waals surface area contributed by atoms with Crippen LogP contribution >= 0.6 is 0 Å². The van der Waals surface area contributed by atoms with Gasteiger partial charge in [-0.25, -0.2) is 14.0 Å². The summed E-state index contributed by atoms with van der Waals surface area (Å²) >= 11 is 0. The van der Waals surface area contributed by atoms with Crippen LogP contribution in [0.4, 0.5) is 4.39 Å². The number of carboxylic acid groups (broad SMARTS) is 2. The minimum atomic E-state index is -1.82. The fourth-order valence-corrected chi connectivity index (χ4v) is 2.91. The summed E-state index contributed by atoms with van der Waals surface area (Å²) in [5.74, 6) is -3.81. The maximum absolute atomic E-state index is 12.9. The molecule has 0 radical (unpaired) electrons. The molecule has 1 aliphatic rings. The summed E-state index contributed by atoms with van der Waals surface area (Å²) in [6.45, 7) is 8.40. The molecule has 0 saturated carbocycles. The first-order valence-electron chi connectivity index (χ1n) is 9.04. The number of hydrogen-bond donors (Lipinski definition) is 2. The van der Waals surface area contributed by atoms with Crippen molar-refractivity contribution in [2.45, 2.75) is 20.0 Å². The van der Waals surface area contributed by atoms with Crippen LogP contribution in [0.15, 0.2) is 48.5 Å². The van der Waals surface area contributed by atoms with Crippen molar-refractivity contribution in [1.82, 2.24) is 9.80 Å². The molecule has 2 aromatic carbocycles. The van der Waals surface area contributed by atoms with Gasteiger partial charge in [-0.1, -0.05) is 42.0 Å². The van der Waals surface area contributed by atoms with Crippen LogP contribution in [0, 0.1) is 12.7 Å². The van der Waals surface area contributed by atoms with Gasteiger partial charge in [0.25, 0.3) is 0 Å². The first kappa shape index (κ1) is 21.5. The molecule has 0 amide bonds. The largest absolute Gasteiger partial charge is 0.473 e. The number of rotatable bonds is 4. The van der Waals surface area contributed by atoms with E-state index in [0.717, 1.165) is 39.3 Å². The van der Waals surface area contributed by atoms with Crippen LogP contribution < -0.4 is 0 Å². The second kappa shape index (κ2) is 10.5. The minimum Gasteiger partial charge on any atom is -0.473 e. The molecule has 0 unspecified atom stereocenters.